The Balaban J connectivity index is 1.05. The van der Waals surface area contributed by atoms with Crippen molar-refractivity contribution in [2.75, 3.05) is 0 Å². The van der Waals surface area contributed by atoms with E-state index in [0.717, 1.165) is 44.4 Å². The molecule has 4 heteroatoms. The van der Waals surface area contributed by atoms with Gasteiger partial charge in [-0.05, 0) is 125 Å². The molecule has 8 aromatic carbocycles. The summed E-state index contributed by atoms with van der Waals surface area (Å²) in [5, 5.41) is 5.90. The van der Waals surface area contributed by atoms with E-state index in [1.165, 1.54) is 71.5 Å². The van der Waals surface area contributed by atoms with Crippen LogP contribution in [-0.4, -0.2) is 19.1 Å². The van der Waals surface area contributed by atoms with Crippen LogP contribution < -0.4 is 0 Å². The number of benzene rings is 8. The molecule has 0 bridgehead atoms. The quantitative estimate of drug-likeness (QED) is 0.168. The van der Waals surface area contributed by atoms with Crippen LogP contribution in [0.4, 0.5) is 0 Å². The van der Waals surface area contributed by atoms with Gasteiger partial charge in [0.15, 0.2) is 0 Å². The molecule has 1 aliphatic rings. The first-order valence-electron chi connectivity index (χ1n) is 21.9. The molecule has 0 aliphatic heterocycles. The maximum atomic E-state index is 5.42. The maximum absolute atomic E-state index is 5.42. The summed E-state index contributed by atoms with van der Waals surface area (Å²) in [6.45, 7) is 9.08. The van der Waals surface area contributed by atoms with Crippen LogP contribution in [0.3, 0.4) is 0 Å². The van der Waals surface area contributed by atoms with E-state index >= 15 is 0 Å². The van der Waals surface area contributed by atoms with Crippen LogP contribution >= 0.6 is 0 Å². The van der Waals surface area contributed by atoms with E-state index < -0.39 is 0 Å². The predicted molar refractivity (Wildman–Crippen MR) is 265 cm³/mol. The Kier molecular flexibility index (Phi) is 8.29. The molecule has 3 heterocycles. The molecule has 12 rings (SSSR count). The fourth-order valence-corrected chi connectivity index (χ4v) is 10.4. The Morgan fingerprint density at radius 3 is 1.76 bits per heavy atom. The Bertz CT molecular complexity index is 3710. The fraction of sp³-hybridized carbons (Fsp3) is 0.0847. The Morgan fingerprint density at radius 2 is 1.03 bits per heavy atom. The summed E-state index contributed by atoms with van der Waals surface area (Å²) in [5.74, 6) is 0.667. The second-order valence-corrected chi connectivity index (χ2v) is 17.4. The Morgan fingerprint density at radius 1 is 0.460 bits per heavy atom. The van der Waals surface area contributed by atoms with Crippen molar-refractivity contribution in [2.24, 2.45) is 0 Å². The lowest BCUT2D eigenvalue weighted by Crippen LogP contribution is -2.16. The van der Waals surface area contributed by atoms with Gasteiger partial charge in [-0.15, -0.1) is 0 Å². The van der Waals surface area contributed by atoms with E-state index in [1.54, 1.807) is 0 Å². The Hall–Kier alpha value is -7.82. The lowest BCUT2D eigenvalue weighted by Gasteiger charge is -2.23. The third-order valence-electron chi connectivity index (χ3n) is 13.4. The molecule has 0 saturated heterocycles. The summed E-state index contributed by atoms with van der Waals surface area (Å²) < 4.78 is 4.67. The lowest BCUT2D eigenvalue weighted by molar-refractivity contribution is 0.654. The highest BCUT2D eigenvalue weighted by molar-refractivity contribution is 6.13. The number of para-hydroxylation sites is 3. The van der Waals surface area contributed by atoms with E-state index in [1.807, 2.05) is 0 Å². The summed E-state index contributed by atoms with van der Waals surface area (Å²) >= 11 is 0. The van der Waals surface area contributed by atoms with Crippen LogP contribution in [0.5, 0.6) is 0 Å². The maximum Gasteiger partial charge on any atom is 0.235 e. The topological polar surface area (TPSA) is 35.6 Å². The second-order valence-electron chi connectivity index (χ2n) is 17.4. The molecule has 3 aromatic heterocycles. The number of nitrogens with zero attached hydrogens (tertiary/aromatic N) is 4. The first-order valence-corrected chi connectivity index (χ1v) is 21.9. The highest BCUT2D eigenvalue weighted by Gasteiger charge is 2.36. The SMILES string of the molecule is C/C=C\C1=C(C)c2cc3c4cc(-c5cccc(-c6ccc7c(c6)c6ccccc6n7-c6ccccc6)c5)ccc4n(-c4nc(-c5ccccc5)c5ccccc5n4)c3cc2C1(C)C. The number of rotatable bonds is 6. The second kappa shape index (κ2) is 14.1. The standard InChI is InChI=1S/C59H44N4/c1-5-17-50-37(2)46-35-49-48-34-42(40-21-16-20-39(32-40)41-28-30-54-47(33-41)44-24-13-15-27-53(44)62(54)43-22-10-7-11-23-43)29-31-55(48)63(56(49)36-51(46)59(50,3)4)58-60-52-26-14-12-25-45(52)57(61-58)38-18-8-6-9-19-38/h5-36H,1-4H3/b17-5-. The largest absolute Gasteiger partial charge is 0.309 e. The van der Waals surface area contributed by atoms with Crippen LogP contribution in [0.1, 0.15) is 38.8 Å². The summed E-state index contributed by atoms with van der Waals surface area (Å²) in [5.41, 5.74) is 18.5. The number of aromatic nitrogens is 4. The monoisotopic (exact) mass is 808 g/mol. The van der Waals surface area contributed by atoms with Crippen molar-refractivity contribution in [3.8, 4) is 45.1 Å². The predicted octanol–water partition coefficient (Wildman–Crippen LogP) is 15.5. The van der Waals surface area contributed by atoms with Gasteiger partial charge in [0.25, 0.3) is 0 Å². The molecule has 0 saturated carbocycles. The highest BCUT2D eigenvalue weighted by Crippen LogP contribution is 2.49. The van der Waals surface area contributed by atoms with Crippen LogP contribution in [0.15, 0.2) is 200 Å². The van der Waals surface area contributed by atoms with Crippen molar-refractivity contribution in [3.63, 3.8) is 0 Å². The molecule has 11 aromatic rings. The van der Waals surface area contributed by atoms with Gasteiger partial charge in [0.05, 0.1) is 33.3 Å². The van der Waals surface area contributed by atoms with Gasteiger partial charge >= 0.3 is 0 Å². The molecule has 1 aliphatic carbocycles. The zero-order valence-electron chi connectivity index (χ0n) is 35.8. The van der Waals surface area contributed by atoms with E-state index in [4.69, 9.17) is 9.97 Å². The van der Waals surface area contributed by atoms with Crippen molar-refractivity contribution < 1.29 is 0 Å². The van der Waals surface area contributed by atoms with Gasteiger partial charge in [-0.1, -0.05) is 141 Å². The lowest BCUT2D eigenvalue weighted by atomic mass is 9.80. The molecule has 0 atom stereocenters. The summed E-state index contributed by atoms with van der Waals surface area (Å²) in [6, 6.07) is 65.9. The molecule has 0 spiro atoms. The minimum atomic E-state index is -0.161. The number of fused-ring (bicyclic) bond motifs is 8. The average molecular weight is 809 g/mol. The first kappa shape index (κ1) is 37.0. The van der Waals surface area contributed by atoms with Crippen molar-refractivity contribution >= 4 is 60.1 Å². The molecule has 63 heavy (non-hydrogen) atoms. The molecule has 0 fully saturated rings. The van der Waals surface area contributed by atoms with E-state index in [9.17, 15) is 0 Å². The van der Waals surface area contributed by atoms with Crippen molar-refractivity contribution in [1.29, 1.82) is 0 Å². The van der Waals surface area contributed by atoms with Crippen molar-refractivity contribution in [3.05, 3.63) is 211 Å². The van der Waals surface area contributed by atoms with Gasteiger partial charge in [-0.3, -0.25) is 4.57 Å². The molecule has 300 valence electrons. The van der Waals surface area contributed by atoms with Gasteiger partial charge in [0.1, 0.15) is 0 Å². The fourth-order valence-electron chi connectivity index (χ4n) is 10.4. The Labute approximate surface area is 366 Å². The van der Waals surface area contributed by atoms with E-state index in [0.29, 0.717) is 5.95 Å². The third kappa shape index (κ3) is 5.68. The molecular formula is C59H44N4. The molecule has 0 N–H and O–H groups in total. The van der Waals surface area contributed by atoms with Crippen LogP contribution in [-0.2, 0) is 5.41 Å². The molecule has 0 radical (unpaired) electrons. The number of hydrogen-bond donors (Lipinski definition) is 0. The van der Waals surface area contributed by atoms with E-state index in [-0.39, 0.29) is 5.41 Å². The van der Waals surface area contributed by atoms with Crippen LogP contribution in [0, 0.1) is 0 Å². The van der Waals surface area contributed by atoms with Gasteiger partial charge in [0.2, 0.25) is 5.95 Å². The van der Waals surface area contributed by atoms with Crippen molar-refractivity contribution in [2.45, 2.75) is 33.1 Å². The molecular weight excluding hydrogens is 765 g/mol. The van der Waals surface area contributed by atoms with Gasteiger partial charge in [-0.2, -0.15) is 0 Å². The smallest absolute Gasteiger partial charge is 0.235 e. The number of allylic oxidation sites excluding steroid dienone is 4. The minimum absolute atomic E-state index is 0.161. The summed E-state index contributed by atoms with van der Waals surface area (Å²) in [6.07, 6.45) is 4.45. The van der Waals surface area contributed by atoms with Gasteiger partial charge in [-0.25, -0.2) is 9.97 Å². The normalized spacial score (nSPS) is 13.7. The average Bonchev–Trinajstić information content (AvgIpc) is 3.90. The van der Waals surface area contributed by atoms with Gasteiger partial charge in [0, 0.05) is 43.6 Å². The van der Waals surface area contributed by atoms with Crippen LogP contribution in [0.2, 0.25) is 0 Å². The number of hydrogen-bond acceptors (Lipinski definition) is 2. The molecule has 0 unspecified atom stereocenters. The minimum Gasteiger partial charge on any atom is -0.309 e. The zero-order chi connectivity index (χ0) is 42.4. The van der Waals surface area contributed by atoms with E-state index in [2.05, 4.69) is 231 Å². The third-order valence-corrected chi connectivity index (χ3v) is 13.4. The molecule has 4 nitrogen and oxygen atoms in total. The summed E-state index contributed by atoms with van der Waals surface area (Å²) in [4.78, 5) is 10.7. The van der Waals surface area contributed by atoms with Crippen LogP contribution in [0.25, 0.3) is 105 Å². The van der Waals surface area contributed by atoms with Crippen molar-refractivity contribution in [1.82, 2.24) is 19.1 Å². The molecule has 0 amide bonds. The zero-order valence-corrected chi connectivity index (χ0v) is 35.8. The highest BCUT2D eigenvalue weighted by atomic mass is 15.2. The summed E-state index contributed by atoms with van der Waals surface area (Å²) in [7, 11) is 0. The van der Waals surface area contributed by atoms with Gasteiger partial charge < -0.3 is 4.57 Å². The first-order chi connectivity index (χ1) is 30.9.